The third-order valence-corrected chi connectivity index (χ3v) is 3.76. The molecule has 0 atom stereocenters. The molecule has 0 spiro atoms. The minimum Gasteiger partial charge on any atom is -0.497 e. The number of hydrogen-bond acceptors (Lipinski definition) is 3. The highest BCUT2D eigenvalue weighted by Crippen LogP contribution is 2.31. The number of rotatable bonds is 3. The van der Waals surface area contributed by atoms with Crippen LogP contribution in [-0.4, -0.2) is 33.3 Å². The third kappa shape index (κ3) is 2.63. The van der Waals surface area contributed by atoms with Crippen LogP contribution in [0.4, 0.5) is 5.69 Å². The van der Waals surface area contributed by atoms with Crippen LogP contribution in [0.15, 0.2) is 48.5 Å². The smallest absolute Gasteiger partial charge is 0.118 e. The van der Waals surface area contributed by atoms with Crippen molar-refractivity contribution in [2.75, 3.05) is 38.2 Å². The predicted molar refractivity (Wildman–Crippen MR) is 83.5 cm³/mol. The van der Waals surface area contributed by atoms with Crippen LogP contribution in [0.25, 0.3) is 11.1 Å². The summed E-state index contributed by atoms with van der Waals surface area (Å²) in [4.78, 5) is 2.45. The SMILES string of the molecule is [11CH3]Oc1ccc(-c2ccccc2N2CCNCC2)cc1. The van der Waals surface area contributed by atoms with E-state index in [1.807, 2.05) is 12.1 Å². The van der Waals surface area contributed by atoms with Gasteiger partial charge >= 0.3 is 0 Å². The van der Waals surface area contributed by atoms with E-state index < -0.39 is 0 Å². The zero-order valence-electron chi connectivity index (χ0n) is 11.8. The summed E-state index contributed by atoms with van der Waals surface area (Å²) in [7, 11) is 1.70. The van der Waals surface area contributed by atoms with Crippen LogP contribution < -0.4 is 15.0 Å². The number of nitrogens with one attached hydrogen (secondary N) is 1. The Hall–Kier alpha value is -2.00. The molecule has 0 amide bonds. The van der Waals surface area contributed by atoms with Crippen molar-refractivity contribution in [3.63, 3.8) is 0 Å². The number of nitrogens with zero attached hydrogens (tertiary/aromatic N) is 1. The molecule has 1 saturated heterocycles. The number of benzene rings is 2. The van der Waals surface area contributed by atoms with Gasteiger partial charge in [-0.3, -0.25) is 0 Å². The maximum Gasteiger partial charge on any atom is 0.118 e. The van der Waals surface area contributed by atoms with Crippen LogP contribution >= 0.6 is 0 Å². The second-order valence-corrected chi connectivity index (χ2v) is 4.98. The lowest BCUT2D eigenvalue weighted by Gasteiger charge is -2.31. The van der Waals surface area contributed by atoms with E-state index in [4.69, 9.17) is 4.74 Å². The van der Waals surface area contributed by atoms with E-state index in [2.05, 4.69) is 46.6 Å². The first-order chi connectivity index (χ1) is 9.88. The number of hydrogen-bond donors (Lipinski definition) is 1. The minimum atomic E-state index is 0.897. The number of ether oxygens (including phenoxy) is 1. The molecule has 1 fully saturated rings. The lowest BCUT2D eigenvalue weighted by atomic mass is 10.0. The summed E-state index contributed by atoms with van der Waals surface area (Å²) in [6, 6.07) is 16.9. The van der Waals surface area contributed by atoms with Gasteiger partial charge in [-0.05, 0) is 23.8 Å². The van der Waals surface area contributed by atoms with Crippen LogP contribution in [0.2, 0.25) is 0 Å². The summed E-state index contributed by atoms with van der Waals surface area (Å²) in [6.45, 7) is 4.23. The van der Waals surface area contributed by atoms with E-state index >= 15 is 0 Å². The molecule has 1 heterocycles. The van der Waals surface area contributed by atoms with Gasteiger partial charge in [0.2, 0.25) is 0 Å². The molecule has 20 heavy (non-hydrogen) atoms. The molecule has 0 aliphatic carbocycles. The molecule has 0 unspecified atom stereocenters. The van der Waals surface area contributed by atoms with Crippen LogP contribution in [0.1, 0.15) is 0 Å². The van der Waals surface area contributed by atoms with Crippen molar-refractivity contribution in [3.8, 4) is 16.9 Å². The fraction of sp³-hybridized carbons (Fsp3) is 0.294. The Labute approximate surface area is 120 Å². The van der Waals surface area contributed by atoms with Crippen LogP contribution in [0.5, 0.6) is 5.75 Å². The number of anilines is 1. The fourth-order valence-electron chi connectivity index (χ4n) is 2.67. The maximum atomic E-state index is 5.23. The molecule has 3 heteroatoms. The lowest BCUT2D eigenvalue weighted by Crippen LogP contribution is -2.43. The topological polar surface area (TPSA) is 24.5 Å². The van der Waals surface area contributed by atoms with Gasteiger partial charge in [-0.15, -0.1) is 0 Å². The van der Waals surface area contributed by atoms with E-state index in [-0.39, 0.29) is 0 Å². The summed E-state index contributed by atoms with van der Waals surface area (Å²) in [5.74, 6) is 0.897. The van der Waals surface area contributed by atoms with Crippen molar-refractivity contribution in [2.24, 2.45) is 0 Å². The molecule has 1 aliphatic rings. The third-order valence-electron chi connectivity index (χ3n) is 3.76. The van der Waals surface area contributed by atoms with Crippen LogP contribution in [0, 0.1) is 0 Å². The van der Waals surface area contributed by atoms with Gasteiger partial charge in [-0.25, -0.2) is 0 Å². The second-order valence-electron chi connectivity index (χ2n) is 4.98. The molecule has 104 valence electrons. The molecule has 0 aromatic heterocycles. The quantitative estimate of drug-likeness (QED) is 0.925. The largest absolute Gasteiger partial charge is 0.497 e. The Kier molecular flexibility index (Phi) is 3.88. The van der Waals surface area contributed by atoms with Crippen LogP contribution in [0.3, 0.4) is 0 Å². The van der Waals surface area contributed by atoms with Gasteiger partial charge in [0.05, 0.1) is 7.11 Å². The van der Waals surface area contributed by atoms with Crippen molar-refractivity contribution in [1.82, 2.24) is 5.32 Å². The average Bonchev–Trinajstić information content (AvgIpc) is 2.56. The normalized spacial score (nSPS) is 15.2. The molecule has 1 aliphatic heterocycles. The molecule has 3 nitrogen and oxygen atoms in total. The first kappa shape index (κ1) is 13.0. The van der Waals surface area contributed by atoms with Crippen molar-refractivity contribution in [1.29, 1.82) is 0 Å². The Bertz CT molecular complexity index is 559. The van der Waals surface area contributed by atoms with Crippen molar-refractivity contribution in [2.45, 2.75) is 0 Å². The first-order valence-electron chi connectivity index (χ1n) is 7.07. The molecule has 0 radical (unpaired) electrons. The second kappa shape index (κ2) is 5.97. The average molecular weight is 267 g/mol. The molecule has 2 aromatic rings. The molecule has 0 bridgehead atoms. The Morgan fingerprint density at radius 3 is 2.35 bits per heavy atom. The minimum absolute atomic E-state index is 0.897. The monoisotopic (exact) mass is 267 g/mol. The molecule has 1 N–H and O–H groups in total. The Morgan fingerprint density at radius 1 is 0.950 bits per heavy atom. The van der Waals surface area contributed by atoms with Gasteiger partial charge < -0.3 is 15.0 Å². The molecule has 0 saturated carbocycles. The molecule has 2 aromatic carbocycles. The first-order valence-corrected chi connectivity index (χ1v) is 7.07. The van der Waals surface area contributed by atoms with Gasteiger partial charge in [0.25, 0.3) is 0 Å². The highest BCUT2D eigenvalue weighted by molar-refractivity contribution is 5.79. The summed E-state index contributed by atoms with van der Waals surface area (Å²) >= 11 is 0. The van der Waals surface area contributed by atoms with Gasteiger partial charge in [0.15, 0.2) is 0 Å². The van der Waals surface area contributed by atoms with Crippen molar-refractivity contribution < 1.29 is 4.74 Å². The van der Waals surface area contributed by atoms with E-state index in [0.717, 1.165) is 31.9 Å². The van der Waals surface area contributed by atoms with E-state index in [1.54, 1.807) is 7.11 Å². The van der Waals surface area contributed by atoms with Crippen molar-refractivity contribution >= 4 is 5.69 Å². The number of para-hydroxylation sites is 1. The van der Waals surface area contributed by atoms with Crippen LogP contribution in [-0.2, 0) is 0 Å². The maximum absolute atomic E-state index is 5.23. The van der Waals surface area contributed by atoms with Crippen molar-refractivity contribution in [3.05, 3.63) is 48.5 Å². The van der Waals surface area contributed by atoms with Gasteiger partial charge in [0.1, 0.15) is 5.75 Å². The zero-order valence-corrected chi connectivity index (χ0v) is 11.8. The highest BCUT2D eigenvalue weighted by Gasteiger charge is 2.14. The lowest BCUT2D eigenvalue weighted by molar-refractivity contribution is 0.415. The van der Waals surface area contributed by atoms with E-state index in [0.29, 0.717) is 0 Å². The van der Waals surface area contributed by atoms with Gasteiger partial charge in [0, 0.05) is 37.4 Å². The highest BCUT2D eigenvalue weighted by atomic mass is 16.4. The molecule has 3 rings (SSSR count). The van der Waals surface area contributed by atoms with Gasteiger partial charge in [-0.2, -0.15) is 0 Å². The van der Waals surface area contributed by atoms with Gasteiger partial charge in [-0.1, -0.05) is 30.3 Å². The zero-order chi connectivity index (χ0) is 13.8. The number of methoxy groups -OCH3 is 1. The summed E-state index contributed by atoms with van der Waals surface area (Å²) < 4.78 is 5.23. The molecular weight excluding hydrogens is 247 g/mol. The summed E-state index contributed by atoms with van der Waals surface area (Å²) in [5, 5.41) is 3.40. The van der Waals surface area contributed by atoms with E-state index in [9.17, 15) is 0 Å². The summed E-state index contributed by atoms with van der Waals surface area (Å²) in [5.41, 5.74) is 3.84. The number of piperazine rings is 1. The standard InChI is InChI=1S/C17H20N2O/c1-20-15-8-6-14(7-9-15)16-4-2-3-5-17(16)19-12-10-18-11-13-19/h2-9,18H,10-13H2,1H3/i1-1. The fourth-order valence-corrected chi connectivity index (χ4v) is 2.67. The summed E-state index contributed by atoms with van der Waals surface area (Å²) in [6.07, 6.45) is 0. The molecular formula is C17H20N2O. The Morgan fingerprint density at radius 2 is 1.65 bits per heavy atom. The van der Waals surface area contributed by atoms with E-state index in [1.165, 1.54) is 16.8 Å². The Balaban J connectivity index is 1.95. The predicted octanol–water partition coefficient (Wildman–Crippen LogP) is 2.77.